The van der Waals surface area contributed by atoms with Gasteiger partial charge in [0.1, 0.15) is 12.1 Å². The van der Waals surface area contributed by atoms with Crippen molar-refractivity contribution in [3.8, 4) is 5.75 Å². The van der Waals surface area contributed by atoms with Gasteiger partial charge in [0, 0.05) is 24.8 Å². The molecule has 1 fully saturated rings. The summed E-state index contributed by atoms with van der Waals surface area (Å²) in [6, 6.07) is 10.2. The number of carbonyl (C=O) groups is 2. The molecule has 2 N–H and O–H groups in total. The van der Waals surface area contributed by atoms with Crippen molar-refractivity contribution in [2.24, 2.45) is 0 Å². The number of amides is 2. The molecule has 2 amide bonds. The van der Waals surface area contributed by atoms with Crippen molar-refractivity contribution in [2.45, 2.75) is 25.5 Å². The van der Waals surface area contributed by atoms with Gasteiger partial charge >= 0.3 is 0 Å². The van der Waals surface area contributed by atoms with E-state index in [0.717, 1.165) is 5.56 Å². The zero-order valence-electron chi connectivity index (χ0n) is 16.6. The van der Waals surface area contributed by atoms with E-state index in [1.54, 1.807) is 27.7 Å². The number of likely N-dealkylation sites (tertiary alicyclic amines) is 1. The molecule has 3 aromatic rings. The van der Waals surface area contributed by atoms with Crippen molar-refractivity contribution < 1.29 is 19.4 Å². The highest BCUT2D eigenvalue weighted by Gasteiger charge is 2.31. The summed E-state index contributed by atoms with van der Waals surface area (Å²) in [5.74, 6) is 0.140. The smallest absolute Gasteiger partial charge is 0.260 e. The number of piperidine rings is 1. The molecule has 9 heteroatoms. The number of aliphatic hydroxyl groups is 1. The van der Waals surface area contributed by atoms with Gasteiger partial charge < -0.3 is 20.1 Å². The summed E-state index contributed by atoms with van der Waals surface area (Å²) in [6.07, 6.45) is 2.70. The van der Waals surface area contributed by atoms with Crippen molar-refractivity contribution in [1.82, 2.24) is 24.8 Å². The average Bonchev–Trinajstić information content (AvgIpc) is 3.22. The highest BCUT2D eigenvalue weighted by atomic mass is 16.5. The Balaban J connectivity index is 1.37. The topological polar surface area (TPSA) is 109 Å². The molecule has 0 saturated carbocycles. The number of hydrogen-bond acceptors (Lipinski definition) is 6. The fraction of sp³-hybridized carbons (Fsp3) is 0.333. The maximum atomic E-state index is 12.6. The Hall–Kier alpha value is -3.46. The van der Waals surface area contributed by atoms with Gasteiger partial charge in [0.25, 0.3) is 11.8 Å². The number of nitrogens with zero attached hydrogens (tertiary/aromatic N) is 4. The lowest BCUT2D eigenvalue weighted by molar-refractivity contribution is -0.136. The molecule has 30 heavy (non-hydrogen) atoms. The number of rotatable bonds is 5. The fourth-order valence-electron chi connectivity index (χ4n) is 3.47. The molecule has 3 heterocycles. The second-order valence-corrected chi connectivity index (χ2v) is 7.31. The van der Waals surface area contributed by atoms with E-state index in [9.17, 15) is 14.7 Å². The van der Waals surface area contributed by atoms with Gasteiger partial charge in [-0.1, -0.05) is 18.2 Å². The molecule has 1 aliphatic heterocycles. The van der Waals surface area contributed by atoms with Crippen LogP contribution in [0.15, 0.2) is 48.9 Å². The summed E-state index contributed by atoms with van der Waals surface area (Å²) in [5.41, 5.74) is 1.92. The molecule has 1 saturated heterocycles. The third-order valence-corrected chi connectivity index (χ3v) is 5.23. The van der Waals surface area contributed by atoms with Gasteiger partial charge in [-0.05, 0) is 37.1 Å². The molecule has 1 aliphatic rings. The van der Waals surface area contributed by atoms with E-state index in [2.05, 4.69) is 15.4 Å². The van der Waals surface area contributed by atoms with Crippen LogP contribution in [0.3, 0.4) is 0 Å². The normalized spacial score (nSPS) is 18.9. The Morgan fingerprint density at radius 2 is 2.13 bits per heavy atom. The summed E-state index contributed by atoms with van der Waals surface area (Å²) < 4.78 is 7.20. The SMILES string of the molecule is Cc1ccccc1OCC(=O)N1CC[C@H](O)[C@H](NC(=O)c2ccn3ncnc3c2)C1. The van der Waals surface area contributed by atoms with Gasteiger partial charge in [0.05, 0.1) is 12.1 Å². The van der Waals surface area contributed by atoms with Gasteiger partial charge in [0.2, 0.25) is 0 Å². The van der Waals surface area contributed by atoms with Crippen LogP contribution >= 0.6 is 0 Å². The minimum atomic E-state index is -0.730. The minimum absolute atomic E-state index is 0.0921. The number of aromatic nitrogens is 3. The van der Waals surface area contributed by atoms with Gasteiger partial charge in [0.15, 0.2) is 12.3 Å². The standard InChI is InChI=1S/C21H23N5O4/c1-14-4-2-3-5-18(14)30-12-20(28)25-8-7-17(27)16(11-25)24-21(29)15-6-9-26-19(10-15)22-13-23-26/h2-6,9-10,13,16-17,27H,7-8,11-12H2,1H3,(H,24,29)/t16-,17+/m1/s1. The van der Waals surface area contributed by atoms with E-state index in [0.29, 0.717) is 29.9 Å². The van der Waals surface area contributed by atoms with Crippen LogP contribution in [-0.2, 0) is 4.79 Å². The Kier molecular flexibility index (Phi) is 5.62. The number of pyridine rings is 1. The van der Waals surface area contributed by atoms with E-state index < -0.39 is 12.1 Å². The summed E-state index contributed by atoms with van der Waals surface area (Å²) in [4.78, 5) is 30.9. The van der Waals surface area contributed by atoms with Crippen molar-refractivity contribution in [3.05, 3.63) is 60.0 Å². The van der Waals surface area contributed by atoms with Gasteiger partial charge in [-0.15, -0.1) is 0 Å². The van der Waals surface area contributed by atoms with Crippen LogP contribution in [0.5, 0.6) is 5.75 Å². The monoisotopic (exact) mass is 409 g/mol. The Morgan fingerprint density at radius 3 is 2.97 bits per heavy atom. The highest BCUT2D eigenvalue weighted by molar-refractivity contribution is 5.95. The van der Waals surface area contributed by atoms with Crippen LogP contribution in [0.1, 0.15) is 22.3 Å². The maximum absolute atomic E-state index is 12.6. The molecule has 2 aromatic heterocycles. The number of para-hydroxylation sites is 1. The predicted molar refractivity (Wildman–Crippen MR) is 108 cm³/mol. The molecule has 2 atom stereocenters. The fourth-order valence-corrected chi connectivity index (χ4v) is 3.47. The lowest BCUT2D eigenvalue weighted by Crippen LogP contribution is -2.57. The average molecular weight is 409 g/mol. The van der Waals surface area contributed by atoms with Crippen LogP contribution in [0, 0.1) is 6.92 Å². The Bertz CT molecular complexity index is 1070. The Labute approximate surface area is 173 Å². The summed E-state index contributed by atoms with van der Waals surface area (Å²) in [7, 11) is 0. The third kappa shape index (κ3) is 4.25. The Morgan fingerprint density at radius 1 is 1.30 bits per heavy atom. The molecule has 0 bridgehead atoms. The van der Waals surface area contributed by atoms with E-state index in [1.165, 1.54) is 6.33 Å². The number of aliphatic hydroxyl groups excluding tert-OH is 1. The zero-order valence-corrected chi connectivity index (χ0v) is 16.6. The second-order valence-electron chi connectivity index (χ2n) is 7.31. The van der Waals surface area contributed by atoms with Gasteiger partial charge in [-0.3, -0.25) is 9.59 Å². The van der Waals surface area contributed by atoms with Crippen LogP contribution in [-0.4, -0.2) is 68.3 Å². The molecule has 0 unspecified atom stereocenters. The van der Waals surface area contributed by atoms with E-state index in [4.69, 9.17) is 4.74 Å². The first-order chi connectivity index (χ1) is 14.5. The predicted octanol–water partition coefficient (Wildman–Crippen LogP) is 0.808. The summed E-state index contributed by atoms with van der Waals surface area (Å²) >= 11 is 0. The van der Waals surface area contributed by atoms with Crippen molar-refractivity contribution >= 4 is 17.5 Å². The number of benzene rings is 1. The first kappa shape index (κ1) is 19.8. The molecular weight excluding hydrogens is 386 g/mol. The number of aryl methyl sites for hydroxylation is 1. The van der Waals surface area contributed by atoms with Crippen LogP contribution < -0.4 is 10.1 Å². The maximum Gasteiger partial charge on any atom is 0.260 e. The minimum Gasteiger partial charge on any atom is -0.484 e. The van der Waals surface area contributed by atoms with Crippen LogP contribution in [0.2, 0.25) is 0 Å². The number of hydrogen-bond donors (Lipinski definition) is 2. The van der Waals surface area contributed by atoms with Crippen LogP contribution in [0.25, 0.3) is 5.65 Å². The number of nitrogens with one attached hydrogen (secondary N) is 1. The molecule has 1 aromatic carbocycles. The quantitative estimate of drug-likeness (QED) is 0.646. The molecule has 156 valence electrons. The first-order valence-corrected chi connectivity index (χ1v) is 9.76. The number of ether oxygens (including phenoxy) is 1. The first-order valence-electron chi connectivity index (χ1n) is 9.76. The highest BCUT2D eigenvalue weighted by Crippen LogP contribution is 2.17. The number of carbonyl (C=O) groups excluding carboxylic acids is 2. The third-order valence-electron chi connectivity index (χ3n) is 5.23. The molecule has 0 spiro atoms. The number of fused-ring (bicyclic) bond motifs is 1. The molecule has 0 aliphatic carbocycles. The van der Waals surface area contributed by atoms with Crippen LogP contribution in [0.4, 0.5) is 0 Å². The van der Waals surface area contributed by atoms with E-state index in [1.807, 2.05) is 31.2 Å². The lowest BCUT2D eigenvalue weighted by Gasteiger charge is -2.36. The lowest BCUT2D eigenvalue weighted by atomic mass is 10.0. The van der Waals surface area contributed by atoms with Crippen molar-refractivity contribution in [2.75, 3.05) is 19.7 Å². The molecule has 0 radical (unpaired) electrons. The largest absolute Gasteiger partial charge is 0.484 e. The zero-order chi connectivity index (χ0) is 21.1. The van der Waals surface area contributed by atoms with Crippen molar-refractivity contribution in [1.29, 1.82) is 0 Å². The van der Waals surface area contributed by atoms with E-state index in [-0.39, 0.29) is 25.0 Å². The summed E-state index contributed by atoms with van der Waals surface area (Å²) in [5, 5.41) is 17.2. The van der Waals surface area contributed by atoms with Gasteiger partial charge in [-0.25, -0.2) is 9.50 Å². The van der Waals surface area contributed by atoms with Crippen molar-refractivity contribution in [3.63, 3.8) is 0 Å². The van der Waals surface area contributed by atoms with Gasteiger partial charge in [-0.2, -0.15) is 5.10 Å². The second kappa shape index (κ2) is 8.50. The summed E-state index contributed by atoms with van der Waals surface area (Å²) in [6.45, 7) is 2.45. The molecule has 9 nitrogen and oxygen atoms in total. The molecule has 4 rings (SSSR count). The van der Waals surface area contributed by atoms with E-state index >= 15 is 0 Å². The molecular formula is C21H23N5O4.